The Bertz CT molecular complexity index is 1450. The fourth-order valence-corrected chi connectivity index (χ4v) is 7.31. The largest absolute Gasteiger partial charge is 0.241 e. The molecule has 4 aromatic rings. The van der Waals surface area contributed by atoms with Crippen LogP contribution in [0, 0.1) is 6.92 Å². The van der Waals surface area contributed by atoms with Crippen molar-refractivity contribution < 1.29 is 8.42 Å². The van der Waals surface area contributed by atoms with Gasteiger partial charge in [0.1, 0.15) is 5.54 Å². The van der Waals surface area contributed by atoms with Crippen LogP contribution in [-0.4, -0.2) is 8.42 Å². The highest BCUT2D eigenvalue weighted by Crippen LogP contribution is 2.54. The first-order valence-electron chi connectivity index (χ1n) is 10.7. The number of benzene rings is 4. The summed E-state index contributed by atoms with van der Waals surface area (Å²) in [4.78, 5) is 0.248. The Labute approximate surface area is 208 Å². The highest BCUT2D eigenvalue weighted by molar-refractivity contribution is 14.1. The lowest BCUT2D eigenvalue weighted by Gasteiger charge is -2.33. The lowest BCUT2D eigenvalue weighted by molar-refractivity contribution is 0.539. The Kier molecular flexibility index (Phi) is 5.72. The van der Waals surface area contributed by atoms with Gasteiger partial charge in [-0.1, -0.05) is 103 Å². The van der Waals surface area contributed by atoms with Gasteiger partial charge in [0, 0.05) is 9.15 Å². The fourth-order valence-electron chi connectivity index (χ4n) is 4.45. The molecule has 0 radical (unpaired) electrons. The summed E-state index contributed by atoms with van der Waals surface area (Å²) in [7, 11) is -3.84. The molecule has 0 aliphatic heterocycles. The molecule has 5 rings (SSSR count). The third kappa shape index (κ3) is 3.74. The molecular weight excluding hydrogens is 541 g/mol. The first-order chi connectivity index (χ1) is 15.9. The summed E-state index contributed by atoms with van der Waals surface area (Å²) < 4.78 is 31.5. The van der Waals surface area contributed by atoms with Crippen LogP contribution in [-0.2, 0) is 15.6 Å². The first-order valence-corrected chi connectivity index (χ1v) is 13.2. The third-order valence-electron chi connectivity index (χ3n) is 6.04. The lowest BCUT2D eigenvalue weighted by Crippen LogP contribution is -2.46. The van der Waals surface area contributed by atoms with E-state index in [-0.39, 0.29) is 4.90 Å². The Hall–Kier alpha value is -2.74. The van der Waals surface area contributed by atoms with Crippen molar-refractivity contribution >= 4 is 38.2 Å². The van der Waals surface area contributed by atoms with Crippen molar-refractivity contribution in [1.82, 2.24) is 4.72 Å². The molecule has 33 heavy (non-hydrogen) atoms. The van der Waals surface area contributed by atoms with E-state index in [9.17, 15) is 8.42 Å². The van der Waals surface area contributed by atoms with Crippen LogP contribution in [0.15, 0.2) is 118 Å². The molecule has 4 aromatic carbocycles. The highest BCUT2D eigenvalue weighted by atomic mass is 127. The van der Waals surface area contributed by atoms with Gasteiger partial charge in [-0.3, -0.25) is 0 Å². The van der Waals surface area contributed by atoms with Crippen LogP contribution >= 0.6 is 22.6 Å². The number of fused-ring (bicyclic) bond motifs is 1. The Morgan fingerprint density at radius 2 is 1.30 bits per heavy atom. The normalized spacial score (nSPS) is 17.8. The van der Waals surface area contributed by atoms with E-state index in [0.29, 0.717) is 0 Å². The van der Waals surface area contributed by atoms with Gasteiger partial charge in [-0.05, 0) is 63.9 Å². The van der Waals surface area contributed by atoms with Gasteiger partial charge in [0.2, 0.25) is 10.0 Å². The Morgan fingerprint density at radius 1 is 0.727 bits per heavy atom. The molecular formula is C28H22INO2S. The molecule has 1 unspecified atom stereocenters. The lowest BCUT2D eigenvalue weighted by atomic mass is 9.86. The second-order valence-corrected chi connectivity index (χ2v) is 10.9. The van der Waals surface area contributed by atoms with Gasteiger partial charge >= 0.3 is 0 Å². The smallest absolute Gasteiger partial charge is 0.207 e. The molecule has 0 saturated carbocycles. The van der Waals surface area contributed by atoms with Gasteiger partial charge < -0.3 is 0 Å². The van der Waals surface area contributed by atoms with Gasteiger partial charge in [-0.25, -0.2) is 8.42 Å². The second kappa shape index (κ2) is 8.56. The number of hydrogen-bond acceptors (Lipinski definition) is 2. The molecule has 0 amide bonds. The summed E-state index contributed by atoms with van der Waals surface area (Å²) in [6.07, 6.45) is 0. The number of sulfonamides is 1. The van der Waals surface area contributed by atoms with Crippen LogP contribution in [0.3, 0.4) is 0 Å². The van der Waals surface area contributed by atoms with Gasteiger partial charge in [0.05, 0.1) is 4.90 Å². The number of rotatable bonds is 5. The fraction of sp³-hybridized carbons (Fsp3) is 0.0714. The van der Waals surface area contributed by atoms with Gasteiger partial charge in [0.25, 0.3) is 0 Å². The maximum atomic E-state index is 13.7. The van der Waals surface area contributed by atoms with E-state index in [0.717, 1.165) is 37.0 Å². The summed E-state index contributed by atoms with van der Waals surface area (Å²) in [6, 6.07) is 35.0. The quantitative estimate of drug-likeness (QED) is 0.285. The zero-order valence-corrected chi connectivity index (χ0v) is 21.0. The molecule has 0 aromatic heterocycles. The van der Waals surface area contributed by atoms with Crippen LogP contribution in [0.1, 0.15) is 27.8 Å². The van der Waals surface area contributed by atoms with Gasteiger partial charge in [0.15, 0.2) is 0 Å². The van der Waals surface area contributed by atoms with Crippen LogP contribution in [0.4, 0.5) is 0 Å². The maximum absolute atomic E-state index is 13.7. The molecule has 1 atom stereocenters. The minimum atomic E-state index is -3.84. The molecule has 0 bridgehead atoms. The number of halogens is 1. The topological polar surface area (TPSA) is 46.2 Å². The van der Waals surface area contributed by atoms with Crippen molar-refractivity contribution in [2.45, 2.75) is 17.4 Å². The number of aryl methyl sites for hydroxylation is 1. The predicted octanol–water partition coefficient (Wildman–Crippen LogP) is 6.43. The van der Waals surface area contributed by atoms with Crippen LogP contribution in [0.5, 0.6) is 0 Å². The number of nitrogens with one attached hydrogen (secondary N) is 1. The average molecular weight is 563 g/mol. The molecule has 0 spiro atoms. The maximum Gasteiger partial charge on any atom is 0.241 e. The summed E-state index contributed by atoms with van der Waals surface area (Å²) in [5, 5.41) is 0. The monoisotopic (exact) mass is 563 g/mol. The molecule has 3 nitrogen and oxygen atoms in total. The van der Waals surface area contributed by atoms with E-state index in [1.54, 1.807) is 12.1 Å². The molecule has 1 aliphatic carbocycles. The Morgan fingerprint density at radius 3 is 1.97 bits per heavy atom. The second-order valence-electron chi connectivity index (χ2n) is 8.14. The molecule has 0 saturated heterocycles. The summed E-state index contributed by atoms with van der Waals surface area (Å²) in [6.45, 7) is 1.94. The van der Waals surface area contributed by atoms with Crippen molar-refractivity contribution in [3.63, 3.8) is 0 Å². The van der Waals surface area contributed by atoms with E-state index >= 15 is 0 Å². The zero-order valence-electron chi connectivity index (χ0n) is 18.0. The standard InChI is InChI=1S/C28H22INO2S/c1-20-16-18-23(19-17-20)33(31,32)30-28(22-12-6-3-7-13-22)25-15-9-8-14-24(25)26(27(28)29)21-10-4-2-5-11-21/h2-19,30H,1H3. The Balaban J connectivity index is 1.80. The molecule has 0 heterocycles. The molecule has 164 valence electrons. The average Bonchev–Trinajstić information content (AvgIpc) is 3.08. The predicted molar refractivity (Wildman–Crippen MR) is 142 cm³/mol. The zero-order chi connectivity index (χ0) is 23.1. The van der Waals surface area contributed by atoms with Crippen molar-refractivity contribution in [3.8, 4) is 0 Å². The SMILES string of the molecule is Cc1ccc(S(=O)(=O)NC2(c3ccccc3)C(I)=C(c3ccccc3)c3ccccc32)cc1. The molecule has 5 heteroatoms. The summed E-state index contributed by atoms with van der Waals surface area (Å²) in [5.41, 5.74) is 4.91. The van der Waals surface area contributed by atoms with E-state index in [1.807, 2.05) is 85.8 Å². The summed E-state index contributed by atoms with van der Waals surface area (Å²) in [5.74, 6) is 0. The van der Waals surface area contributed by atoms with E-state index < -0.39 is 15.6 Å². The molecule has 1 aliphatic rings. The van der Waals surface area contributed by atoms with Crippen LogP contribution in [0.25, 0.3) is 5.57 Å². The number of hydrogen-bond donors (Lipinski definition) is 1. The molecule has 1 N–H and O–H groups in total. The van der Waals surface area contributed by atoms with Crippen molar-refractivity contribution in [2.75, 3.05) is 0 Å². The van der Waals surface area contributed by atoms with Crippen molar-refractivity contribution in [3.05, 3.63) is 141 Å². The van der Waals surface area contributed by atoms with Crippen molar-refractivity contribution in [1.29, 1.82) is 0 Å². The van der Waals surface area contributed by atoms with Gasteiger partial charge in [-0.15, -0.1) is 0 Å². The minimum absolute atomic E-state index is 0.248. The van der Waals surface area contributed by atoms with Crippen LogP contribution in [0.2, 0.25) is 0 Å². The molecule has 0 fully saturated rings. The minimum Gasteiger partial charge on any atom is -0.207 e. The van der Waals surface area contributed by atoms with Crippen molar-refractivity contribution in [2.24, 2.45) is 0 Å². The van der Waals surface area contributed by atoms with Gasteiger partial charge in [-0.2, -0.15) is 4.72 Å². The highest BCUT2D eigenvalue weighted by Gasteiger charge is 2.48. The van der Waals surface area contributed by atoms with E-state index in [1.165, 1.54) is 0 Å². The third-order valence-corrected chi connectivity index (χ3v) is 8.85. The van der Waals surface area contributed by atoms with E-state index in [4.69, 9.17) is 0 Å². The van der Waals surface area contributed by atoms with Crippen LogP contribution < -0.4 is 4.72 Å². The van der Waals surface area contributed by atoms with E-state index in [2.05, 4.69) is 45.5 Å². The first kappa shape index (κ1) is 22.1. The summed E-state index contributed by atoms with van der Waals surface area (Å²) >= 11 is 2.33.